The molecule has 0 radical (unpaired) electrons. The Morgan fingerprint density at radius 1 is 1.28 bits per heavy atom. The normalized spacial score (nSPS) is 9.72. The molecule has 0 saturated heterocycles. The highest BCUT2D eigenvalue weighted by molar-refractivity contribution is 5.92. The number of benzene rings is 1. The number of ether oxygens (including phenoxy) is 1. The zero-order valence-corrected chi connectivity index (χ0v) is 10.3. The van der Waals surface area contributed by atoms with Gasteiger partial charge in [0.25, 0.3) is 0 Å². The lowest BCUT2D eigenvalue weighted by atomic mass is 10.2. The molecule has 0 saturated carbocycles. The minimum atomic E-state index is -0.624. The summed E-state index contributed by atoms with van der Waals surface area (Å²) < 4.78 is 4.82. The summed E-state index contributed by atoms with van der Waals surface area (Å²) in [5.74, 6) is -0.438. The zero-order chi connectivity index (χ0) is 13.5. The van der Waals surface area contributed by atoms with Gasteiger partial charge in [-0.25, -0.2) is 9.59 Å². The van der Waals surface area contributed by atoms with E-state index in [0.717, 1.165) is 0 Å². The number of carbonyl (C=O) groups is 2. The van der Waals surface area contributed by atoms with Gasteiger partial charge in [0.2, 0.25) is 0 Å². The number of hydrogen-bond acceptors (Lipinski definition) is 4. The van der Waals surface area contributed by atoms with Crippen molar-refractivity contribution >= 4 is 17.7 Å². The molecule has 0 fully saturated rings. The standard InChI is InChI=1S/C12H16N2O4/c1-3-13-12(16)14(17)10-7-5-9(6-8-10)11(15)18-4-2/h5-8,17H,3-4H2,1-2H3,(H,13,16). The van der Waals surface area contributed by atoms with Crippen LogP contribution < -0.4 is 10.4 Å². The molecular formula is C12H16N2O4. The van der Waals surface area contributed by atoms with E-state index >= 15 is 0 Å². The van der Waals surface area contributed by atoms with Gasteiger partial charge in [0.15, 0.2) is 0 Å². The number of nitrogens with one attached hydrogen (secondary N) is 1. The summed E-state index contributed by atoms with van der Waals surface area (Å²) >= 11 is 0. The molecule has 0 atom stereocenters. The zero-order valence-electron chi connectivity index (χ0n) is 10.3. The predicted molar refractivity (Wildman–Crippen MR) is 65.7 cm³/mol. The van der Waals surface area contributed by atoms with Crippen molar-refractivity contribution in [2.24, 2.45) is 0 Å². The maximum atomic E-state index is 11.4. The monoisotopic (exact) mass is 252 g/mol. The number of amides is 2. The Labute approximate surface area is 105 Å². The summed E-state index contributed by atoms with van der Waals surface area (Å²) in [6, 6.07) is 5.26. The quantitative estimate of drug-likeness (QED) is 0.486. The van der Waals surface area contributed by atoms with Crippen LogP contribution in [-0.2, 0) is 4.74 Å². The number of urea groups is 1. The third-order valence-electron chi connectivity index (χ3n) is 2.14. The molecule has 0 aliphatic heterocycles. The average Bonchev–Trinajstić information content (AvgIpc) is 2.38. The first-order valence-corrected chi connectivity index (χ1v) is 5.64. The average molecular weight is 252 g/mol. The van der Waals surface area contributed by atoms with Crippen LogP contribution >= 0.6 is 0 Å². The highest BCUT2D eigenvalue weighted by Crippen LogP contribution is 2.14. The fourth-order valence-electron chi connectivity index (χ4n) is 1.30. The third kappa shape index (κ3) is 3.46. The summed E-state index contributed by atoms with van der Waals surface area (Å²) in [7, 11) is 0. The smallest absolute Gasteiger partial charge is 0.345 e. The Hall–Kier alpha value is -2.08. The van der Waals surface area contributed by atoms with Crippen molar-refractivity contribution in [2.45, 2.75) is 13.8 Å². The van der Waals surface area contributed by atoms with Crippen LogP contribution in [0.4, 0.5) is 10.5 Å². The Morgan fingerprint density at radius 3 is 2.39 bits per heavy atom. The lowest BCUT2D eigenvalue weighted by Gasteiger charge is -2.15. The molecule has 98 valence electrons. The van der Waals surface area contributed by atoms with Crippen LogP contribution in [0.2, 0.25) is 0 Å². The lowest BCUT2D eigenvalue weighted by Crippen LogP contribution is -2.37. The maximum absolute atomic E-state index is 11.4. The summed E-state index contributed by atoms with van der Waals surface area (Å²) in [5.41, 5.74) is 0.638. The molecular weight excluding hydrogens is 236 g/mol. The first kappa shape index (κ1) is 14.0. The number of carbonyl (C=O) groups excluding carboxylic acids is 2. The molecule has 6 heteroatoms. The first-order chi connectivity index (χ1) is 8.60. The lowest BCUT2D eigenvalue weighted by molar-refractivity contribution is 0.0526. The Bertz CT molecular complexity index is 417. The van der Waals surface area contributed by atoms with Crippen molar-refractivity contribution in [1.29, 1.82) is 0 Å². The van der Waals surface area contributed by atoms with Gasteiger partial charge in [0.05, 0.1) is 17.9 Å². The Kier molecular flexibility index (Phi) is 5.13. The van der Waals surface area contributed by atoms with Gasteiger partial charge in [0, 0.05) is 6.54 Å². The summed E-state index contributed by atoms with van der Waals surface area (Å²) in [6.45, 7) is 4.18. The number of esters is 1. The van der Waals surface area contributed by atoms with Gasteiger partial charge >= 0.3 is 12.0 Å². The van der Waals surface area contributed by atoms with E-state index in [-0.39, 0.29) is 5.69 Å². The number of rotatable bonds is 4. The maximum Gasteiger partial charge on any atom is 0.345 e. The Balaban J connectivity index is 2.76. The van der Waals surface area contributed by atoms with E-state index in [1.165, 1.54) is 24.3 Å². The number of anilines is 1. The van der Waals surface area contributed by atoms with Gasteiger partial charge in [-0.2, -0.15) is 5.06 Å². The van der Waals surface area contributed by atoms with Gasteiger partial charge < -0.3 is 10.1 Å². The second-order valence-electron chi connectivity index (χ2n) is 3.41. The SMILES string of the molecule is CCNC(=O)N(O)c1ccc(C(=O)OCC)cc1. The summed E-state index contributed by atoms with van der Waals surface area (Å²) in [4.78, 5) is 22.7. The minimum Gasteiger partial charge on any atom is -0.462 e. The molecule has 0 heterocycles. The van der Waals surface area contributed by atoms with Gasteiger partial charge in [-0.05, 0) is 38.1 Å². The van der Waals surface area contributed by atoms with Gasteiger partial charge in [-0.1, -0.05) is 0 Å². The van der Waals surface area contributed by atoms with Crippen LogP contribution in [-0.4, -0.2) is 30.4 Å². The number of nitrogens with zero attached hydrogens (tertiary/aromatic N) is 1. The third-order valence-corrected chi connectivity index (χ3v) is 2.14. The highest BCUT2D eigenvalue weighted by atomic mass is 16.5. The largest absolute Gasteiger partial charge is 0.462 e. The summed E-state index contributed by atoms with van der Waals surface area (Å²) in [5, 5.41) is 12.5. The van der Waals surface area contributed by atoms with E-state index in [0.29, 0.717) is 23.8 Å². The van der Waals surface area contributed by atoms with E-state index in [4.69, 9.17) is 4.74 Å². The number of hydroxylamine groups is 1. The Morgan fingerprint density at radius 2 is 1.89 bits per heavy atom. The van der Waals surface area contributed by atoms with E-state index in [1.54, 1.807) is 13.8 Å². The van der Waals surface area contributed by atoms with Crippen LogP contribution in [0.25, 0.3) is 0 Å². The topological polar surface area (TPSA) is 78.9 Å². The van der Waals surface area contributed by atoms with Crippen LogP contribution in [0.1, 0.15) is 24.2 Å². The van der Waals surface area contributed by atoms with E-state index in [1.807, 2.05) is 0 Å². The molecule has 18 heavy (non-hydrogen) atoms. The second-order valence-corrected chi connectivity index (χ2v) is 3.41. The van der Waals surface area contributed by atoms with Gasteiger partial charge in [0.1, 0.15) is 0 Å². The van der Waals surface area contributed by atoms with Gasteiger partial charge in [-0.3, -0.25) is 5.21 Å². The molecule has 1 aromatic carbocycles. The molecule has 6 nitrogen and oxygen atoms in total. The molecule has 0 aromatic heterocycles. The molecule has 1 rings (SSSR count). The molecule has 0 spiro atoms. The van der Waals surface area contributed by atoms with Crippen LogP contribution in [0.3, 0.4) is 0 Å². The highest BCUT2D eigenvalue weighted by Gasteiger charge is 2.13. The predicted octanol–water partition coefficient (Wildman–Crippen LogP) is 1.79. The minimum absolute atomic E-state index is 0.272. The molecule has 1 aromatic rings. The fraction of sp³-hybridized carbons (Fsp3) is 0.333. The fourth-order valence-corrected chi connectivity index (χ4v) is 1.30. The molecule has 2 N–H and O–H groups in total. The van der Waals surface area contributed by atoms with E-state index < -0.39 is 12.0 Å². The van der Waals surface area contributed by atoms with Crippen molar-refractivity contribution in [2.75, 3.05) is 18.2 Å². The van der Waals surface area contributed by atoms with Crippen LogP contribution in [0.15, 0.2) is 24.3 Å². The van der Waals surface area contributed by atoms with Crippen molar-refractivity contribution in [3.63, 3.8) is 0 Å². The van der Waals surface area contributed by atoms with Crippen molar-refractivity contribution in [3.8, 4) is 0 Å². The van der Waals surface area contributed by atoms with Crippen molar-refractivity contribution < 1.29 is 19.5 Å². The number of hydrogen-bond donors (Lipinski definition) is 2. The molecule has 0 bridgehead atoms. The molecule has 0 unspecified atom stereocenters. The van der Waals surface area contributed by atoms with Crippen molar-refractivity contribution in [1.82, 2.24) is 5.32 Å². The van der Waals surface area contributed by atoms with Crippen LogP contribution in [0.5, 0.6) is 0 Å². The van der Waals surface area contributed by atoms with Crippen molar-refractivity contribution in [3.05, 3.63) is 29.8 Å². The molecule has 0 aliphatic carbocycles. The van der Waals surface area contributed by atoms with E-state index in [9.17, 15) is 14.8 Å². The van der Waals surface area contributed by atoms with Crippen LogP contribution in [0, 0.1) is 0 Å². The second kappa shape index (κ2) is 6.61. The first-order valence-electron chi connectivity index (χ1n) is 5.64. The van der Waals surface area contributed by atoms with Gasteiger partial charge in [-0.15, -0.1) is 0 Å². The molecule has 2 amide bonds. The summed E-state index contributed by atoms with van der Waals surface area (Å²) in [6.07, 6.45) is 0. The molecule has 0 aliphatic rings. The van der Waals surface area contributed by atoms with E-state index in [2.05, 4.69) is 5.32 Å².